The molecule has 0 bridgehead atoms. The lowest BCUT2D eigenvalue weighted by molar-refractivity contribution is -0.137. The summed E-state index contributed by atoms with van der Waals surface area (Å²) in [6, 6.07) is 11.8. The Morgan fingerprint density at radius 1 is 1.00 bits per heavy atom. The molecule has 1 aliphatic rings. The molecule has 26 heavy (non-hydrogen) atoms. The maximum absolute atomic E-state index is 12.8. The van der Waals surface area contributed by atoms with Crippen molar-refractivity contribution in [1.29, 1.82) is 0 Å². The lowest BCUT2D eigenvalue weighted by Crippen LogP contribution is -2.25. The van der Waals surface area contributed by atoms with Crippen molar-refractivity contribution in [2.45, 2.75) is 51.7 Å². The first-order valence-electron chi connectivity index (χ1n) is 9.24. The van der Waals surface area contributed by atoms with Crippen LogP contribution in [0.2, 0.25) is 0 Å². The fourth-order valence-electron chi connectivity index (χ4n) is 3.82. The number of hydrogen-bond acceptors (Lipinski definition) is 1. The monoisotopic (exact) mass is 361 g/mol. The third-order valence-corrected chi connectivity index (χ3v) is 5.37. The number of alkyl halides is 3. The first-order valence-corrected chi connectivity index (χ1v) is 9.24. The molecule has 0 fully saturated rings. The van der Waals surface area contributed by atoms with Gasteiger partial charge in [0.1, 0.15) is 0 Å². The van der Waals surface area contributed by atoms with E-state index in [1.165, 1.54) is 11.1 Å². The van der Waals surface area contributed by atoms with Crippen LogP contribution in [0.15, 0.2) is 42.5 Å². The zero-order chi connectivity index (χ0) is 18.9. The van der Waals surface area contributed by atoms with Gasteiger partial charge in [0.15, 0.2) is 0 Å². The van der Waals surface area contributed by atoms with Crippen LogP contribution in [0.3, 0.4) is 0 Å². The maximum Gasteiger partial charge on any atom is 0.416 e. The number of hydrogen-bond donors (Lipinski definition) is 0. The molecule has 0 spiro atoms. The van der Waals surface area contributed by atoms with Crippen molar-refractivity contribution >= 4 is 0 Å². The van der Waals surface area contributed by atoms with E-state index in [0.717, 1.165) is 55.7 Å². The largest absolute Gasteiger partial charge is 0.416 e. The molecule has 140 valence electrons. The molecule has 1 heterocycles. The van der Waals surface area contributed by atoms with Gasteiger partial charge in [0, 0.05) is 6.54 Å². The van der Waals surface area contributed by atoms with Gasteiger partial charge in [-0.1, -0.05) is 45.0 Å². The van der Waals surface area contributed by atoms with E-state index >= 15 is 0 Å². The molecule has 0 aromatic heterocycles. The summed E-state index contributed by atoms with van der Waals surface area (Å²) in [6.45, 7) is 9.79. The molecule has 0 aliphatic carbocycles. The van der Waals surface area contributed by atoms with Gasteiger partial charge in [0.2, 0.25) is 0 Å². The number of rotatable bonds is 3. The summed E-state index contributed by atoms with van der Waals surface area (Å²) in [7, 11) is 0. The normalized spacial score (nSPS) is 17.6. The molecule has 0 radical (unpaired) electrons. The van der Waals surface area contributed by atoms with Crippen LogP contribution in [0, 0.1) is 0 Å². The molecule has 0 atom stereocenters. The molecule has 1 aliphatic heterocycles. The summed E-state index contributed by atoms with van der Waals surface area (Å²) >= 11 is 0. The second-order valence-corrected chi connectivity index (χ2v) is 7.86. The Bertz CT molecular complexity index is 760. The highest BCUT2D eigenvalue weighted by atomic mass is 19.4. The zero-order valence-electron chi connectivity index (χ0n) is 15.7. The number of halogens is 3. The zero-order valence-corrected chi connectivity index (χ0v) is 15.7. The molecular formula is C22H26F3N. The van der Waals surface area contributed by atoms with Gasteiger partial charge in [0.25, 0.3) is 0 Å². The van der Waals surface area contributed by atoms with Crippen LogP contribution in [-0.4, -0.2) is 18.0 Å². The van der Waals surface area contributed by atoms with Gasteiger partial charge in [0.05, 0.1) is 5.56 Å². The third-order valence-electron chi connectivity index (χ3n) is 5.37. The topological polar surface area (TPSA) is 3.24 Å². The maximum atomic E-state index is 12.8. The minimum absolute atomic E-state index is 0.108. The fourth-order valence-corrected chi connectivity index (χ4v) is 3.82. The van der Waals surface area contributed by atoms with Gasteiger partial charge in [-0.25, -0.2) is 0 Å². The van der Waals surface area contributed by atoms with E-state index in [1.54, 1.807) is 12.1 Å². The van der Waals surface area contributed by atoms with Crippen molar-refractivity contribution in [2.24, 2.45) is 0 Å². The number of benzene rings is 2. The summed E-state index contributed by atoms with van der Waals surface area (Å²) in [5.41, 5.74) is 3.95. The average Bonchev–Trinajstić information content (AvgIpc) is 2.71. The molecule has 1 nitrogen and oxygen atoms in total. The Hall–Kier alpha value is -1.81. The van der Waals surface area contributed by atoms with Crippen LogP contribution in [0.1, 0.15) is 50.3 Å². The molecule has 0 N–H and O–H groups in total. The van der Waals surface area contributed by atoms with Crippen LogP contribution in [0.25, 0.3) is 11.1 Å². The summed E-state index contributed by atoms with van der Waals surface area (Å²) in [6.07, 6.45) is -2.06. The SMILES string of the molecule is CCCN1CCC(C)(C)c2ccc(-c3ccc(C(F)(F)F)cc3)cc2C1. The second kappa shape index (κ2) is 7.07. The van der Waals surface area contributed by atoms with Gasteiger partial charge < -0.3 is 0 Å². The van der Waals surface area contributed by atoms with Crippen LogP contribution in [0.5, 0.6) is 0 Å². The van der Waals surface area contributed by atoms with Crippen LogP contribution >= 0.6 is 0 Å². The highest BCUT2D eigenvalue weighted by Crippen LogP contribution is 2.37. The predicted octanol–water partition coefficient (Wildman–Crippen LogP) is 6.27. The standard InChI is InChI=1S/C22H26F3N/c1-4-12-26-13-11-21(2,3)20-10-7-17(14-18(20)15-26)16-5-8-19(9-6-16)22(23,24)25/h5-10,14H,4,11-13,15H2,1-3H3. The lowest BCUT2D eigenvalue weighted by Gasteiger charge is -2.25. The van der Waals surface area contributed by atoms with Gasteiger partial charge in [-0.2, -0.15) is 13.2 Å². The predicted molar refractivity (Wildman–Crippen MR) is 100 cm³/mol. The molecule has 4 heteroatoms. The minimum Gasteiger partial charge on any atom is -0.299 e. The number of fused-ring (bicyclic) bond motifs is 1. The van der Waals surface area contributed by atoms with Gasteiger partial charge >= 0.3 is 6.18 Å². The van der Waals surface area contributed by atoms with E-state index in [4.69, 9.17) is 0 Å². The molecule has 2 aromatic rings. The van der Waals surface area contributed by atoms with E-state index < -0.39 is 11.7 Å². The van der Waals surface area contributed by atoms with Crippen molar-refractivity contribution in [3.05, 3.63) is 59.2 Å². The molecule has 3 rings (SSSR count). The highest BCUT2D eigenvalue weighted by Gasteiger charge is 2.30. The van der Waals surface area contributed by atoms with E-state index in [2.05, 4.69) is 37.8 Å². The fraction of sp³-hybridized carbons (Fsp3) is 0.455. The molecule has 0 unspecified atom stereocenters. The summed E-state index contributed by atoms with van der Waals surface area (Å²) in [5, 5.41) is 0. The third kappa shape index (κ3) is 3.96. The molecular weight excluding hydrogens is 335 g/mol. The van der Waals surface area contributed by atoms with Crippen LogP contribution < -0.4 is 0 Å². The second-order valence-electron chi connectivity index (χ2n) is 7.86. The molecule has 0 saturated carbocycles. The van der Waals surface area contributed by atoms with Crippen molar-refractivity contribution in [3.63, 3.8) is 0 Å². The summed E-state index contributed by atoms with van der Waals surface area (Å²) < 4.78 is 38.4. The Balaban J connectivity index is 1.96. The smallest absolute Gasteiger partial charge is 0.299 e. The van der Waals surface area contributed by atoms with E-state index in [0.29, 0.717) is 0 Å². The molecule has 0 amide bonds. The van der Waals surface area contributed by atoms with Crippen molar-refractivity contribution < 1.29 is 13.2 Å². The van der Waals surface area contributed by atoms with Gasteiger partial charge in [-0.15, -0.1) is 0 Å². The van der Waals surface area contributed by atoms with Crippen molar-refractivity contribution in [2.75, 3.05) is 13.1 Å². The Morgan fingerprint density at radius 2 is 1.65 bits per heavy atom. The van der Waals surface area contributed by atoms with E-state index in [-0.39, 0.29) is 5.41 Å². The first kappa shape index (κ1) is 19.0. The lowest BCUT2D eigenvalue weighted by atomic mass is 9.79. The van der Waals surface area contributed by atoms with Crippen LogP contribution in [-0.2, 0) is 18.1 Å². The van der Waals surface area contributed by atoms with Crippen molar-refractivity contribution in [3.8, 4) is 11.1 Å². The average molecular weight is 361 g/mol. The Labute approximate surface area is 153 Å². The van der Waals surface area contributed by atoms with E-state index in [9.17, 15) is 13.2 Å². The Kier molecular flexibility index (Phi) is 5.16. The van der Waals surface area contributed by atoms with Gasteiger partial charge in [-0.3, -0.25) is 4.90 Å². The minimum atomic E-state index is -4.29. The summed E-state index contributed by atoms with van der Waals surface area (Å²) in [4.78, 5) is 2.48. The highest BCUT2D eigenvalue weighted by molar-refractivity contribution is 5.66. The molecule has 0 saturated heterocycles. The van der Waals surface area contributed by atoms with Crippen molar-refractivity contribution in [1.82, 2.24) is 4.90 Å². The quantitative estimate of drug-likeness (QED) is 0.623. The van der Waals surface area contributed by atoms with Gasteiger partial charge in [-0.05, 0) is 71.8 Å². The first-order chi connectivity index (χ1) is 12.2. The summed E-state index contributed by atoms with van der Waals surface area (Å²) in [5.74, 6) is 0. The molecule has 2 aromatic carbocycles. The van der Waals surface area contributed by atoms with E-state index in [1.807, 2.05) is 6.07 Å². The number of nitrogens with zero attached hydrogens (tertiary/aromatic N) is 1. The Morgan fingerprint density at radius 3 is 2.27 bits per heavy atom. The van der Waals surface area contributed by atoms with Crippen LogP contribution in [0.4, 0.5) is 13.2 Å².